The van der Waals surface area contributed by atoms with Gasteiger partial charge in [0.1, 0.15) is 5.82 Å². The monoisotopic (exact) mass is 269 g/mol. The zero-order valence-electron chi connectivity index (χ0n) is 10.9. The summed E-state index contributed by atoms with van der Waals surface area (Å²) in [6, 6.07) is 5.01. The van der Waals surface area contributed by atoms with Crippen molar-refractivity contribution in [3.63, 3.8) is 0 Å². The molecular formula is C15H21ClFN. The van der Waals surface area contributed by atoms with Crippen LogP contribution in [-0.2, 0) is 6.54 Å². The quantitative estimate of drug-likeness (QED) is 0.855. The van der Waals surface area contributed by atoms with Gasteiger partial charge in [-0.05, 0) is 48.9 Å². The first-order valence-electron chi connectivity index (χ1n) is 6.80. The summed E-state index contributed by atoms with van der Waals surface area (Å²) in [5, 5.41) is 3.62. The Bertz CT molecular complexity index is 386. The average molecular weight is 270 g/mol. The van der Waals surface area contributed by atoms with Crippen LogP contribution in [0.2, 0.25) is 5.02 Å². The Balaban J connectivity index is 1.73. The maximum atomic E-state index is 13.2. The second-order valence-corrected chi connectivity index (χ2v) is 5.91. The van der Waals surface area contributed by atoms with E-state index in [4.69, 9.17) is 11.6 Å². The lowest BCUT2D eigenvalue weighted by Gasteiger charge is -2.26. The molecule has 3 heteroatoms. The molecule has 2 rings (SSSR count). The van der Waals surface area contributed by atoms with Gasteiger partial charge in [0.15, 0.2) is 0 Å². The van der Waals surface area contributed by atoms with Crippen LogP contribution in [0.3, 0.4) is 0 Å². The zero-order valence-corrected chi connectivity index (χ0v) is 11.6. The van der Waals surface area contributed by atoms with Gasteiger partial charge >= 0.3 is 0 Å². The van der Waals surface area contributed by atoms with E-state index in [1.165, 1.54) is 31.7 Å². The molecule has 0 heterocycles. The molecule has 1 aromatic rings. The van der Waals surface area contributed by atoms with Gasteiger partial charge in [0.25, 0.3) is 0 Å². The molecule has 1 aliphatic carbocycles. The summed E-state index contributed by atoms with van der Waals surface area (Å²) in [5.74, 6) is 1.35. The maximum absolute atomic E-state index is 13.2. The number of halogens is 2. The summed E-state index contributed by atoms with van der Waals surface area (Å²) in [4.78, 5) is 0. The molecule has 1 N–H and O–H groups in total. The highest BCUT2D eigenvalue weighted by Gasteiger charge is 2.17. The molecule has 0 bridgehead atoms. The molecule has 18 heavy (non-hydrogen) atoms. The third-order valence-corrected chi connectivity index (χ3v) is 4.19. The van der Waals surface area contributed by atoms with Crippen LogP contribution in [0.5, 0.6) is 0 Å². The van der Waals surface area contributed by atoms with E-state index in [1.54, 1.807) is 6.07 Å². The summed E-state index contributed by atoms with van der Waals surface area (Å²) in [6.07, 6.45) is 5.34. The van der Waals surface area contributed by atoms with Crippen LogP contribution >= 0.6 is 11.6 Å². The molecule has 0 unspecified atom stereocenters. The highest BCUT2D eigenvalue weighted by atomic mass is 35.5. The molecule has 100 valence electrons. The van der Waals surface area contributed by atoms with Gasteiger partial charge in [-0.2, -0.15) is 0 Å². The van der Waals surface area contributed by atoms with E-state index in [2.05, 4.69) is 12.2 Å². The first-order chi connectivity index (χ1) is 8.65. The lowest BCUT2D eigenvalue weighted by atomic mass is 9.83. The third-order valence-electron chi connectivity index (χ3n) is 3.88. The van der Waals surface area contributed by atoms with Crippen molar-refractivity contribution < 1.29 is 4.39 Å². The fraction of sp³-hybridized carbons (Fsp3) is 0.600. The summed E-state index contributed by atoms with van der Waals surface area (Å²) >= 11 is 5.65. The summed E-state index contributed by atoms with van der Waals surface area (Å²) < 4.78 is 13.2. The molecule has 1 saturated carbocycles. The highest BCUT2D eigenvalue weighted by Crippen LogP contribution is 2.27. The second kappa shape index (κ2) is 6.53. The minimum Gasteiger partial charge on any atom is -0.312 e. The molecule has 1 fully saturated rings. The van der Waals surface area contributed by atoms with E-state index < -0.39 is 0 Å². The number of benzene rings is 1. The van der Waals surface area contributed by atoms with Crippen LogP contribution in [-0.4, -0.2) is 6.54 Å². The Morgan fingerprint density at radius 2 is 2.00 bits per heavy atom. The Kier molecular flexibility index (Phi) is 5.02. The lowest BCUT2D eigenvalue weighted by molar-refractivity contribution is 0.281. The molecule has 1 aromatic carbocycles. The summed E-state index contributed by atoms with van der Waals surface area (Å²) in [6.45, 7) is 4.09. The third kappa shape index (κ3) is 3.96. The normalized spacial score (nSPS) is 24.2. The summed E-state index contributed by atoms with van der Waals surface area (Å²) in [7, 11) is 0. The molecule has 1 nitrogen and oxygen atoms in total. The number of hydrogen-bond donors (Lipinski definition) is 1. The minimum absolute atomic E-state index is 0.194. The van der Waals surface area contributed by atoms with E-state index in [1.807, 2.05) is 6.07 Å². The van der Waals surface area contributed by atoms with Crippen molar-refractivity contribution in [1.82, 2.24) is 5.32 Å². The van der Waals surface area contributed by atoms with E-state index in [9.17, 15) is 4.39 Å². The topological polar surface area (TPSA) is 12.0 Å². The summed E-state index contributed by atoms with van der Waals surface area (Å²) in [5.41, 5.74) is 0.959. The molecular weight excluding hydrogens is 249 g/mol. The predicted octanol–water partition coefficient (Wildman–Crippen LogP) is 4.40. The SMILES string of the molecule is CC1CCC(CNCc2ccc(Cl)c(F)c2)CC1. The van der Waals surface area contributed by atoms with Crippen molar-refractivity contribution in [3.8, 4) is 0 Å². The molecule has 1 aliphatic rings. The van der Waals surface area contributed by atoms with Crippen LogP contribution in [0, 0.1) is 17.7 Å². The Hall–Kier alpha value is -0.600. The van der Waals surface area contributed by atoms with Gasteiger partial charge < -0.3 is 5.32 Å². The van der Waals surface area contributed by atoms with Gasteiger partial charge in [-0.3, -0.25) is 0 Å². The second-order valence-electron chi connectivity index (χ2n) is 5.51. The van der Waals surface area contributed by atoms with Crippen LogP contribution in [0.1, 0.15) is 38.2 Å². The fourth-order valence-electron chi connectivity index (χ4n) is 2.60. The molecule has 0 aromatic heterocycles. The van der Waals surface area contributed by atoms with Gasteiger partial charge in [-0.25, -0.2) is 4.39 Å². The maximum Gasteiger partial charge on any atom is 0.142 e. The van der Waals surface area contributed by atoms with Crippen LogP contribution in [0.25, 0.3) is 0 Å². The predicted molar refractivity (Wildman–Crippen MR) is 74.2 cm³/mol. The van der Waals surface area contributed by atoms with Crippen molar-refractivity contribution in [2.75, 3.05) is 6.54 Å². The van der Waals surface area contributed by atoms with Crippen molar-refractivity contribution in [2.45, 2.75) is 39.2 Å². The minimum atomic E-state index is -0.331. The Morgan fingerprint density at radius 1 is 1.28 bits per heavy atom. The molecule has 0 spiro atoms. The number of nitrogens with one attached hydrogen (secondary N) is 1. The van der Waals surface area contributed by atoms with Crippen LogP contribution in [0.15, 0.2) is 18.2 Å². The fourth-order valence-corrected chi connectivity index (χ4v) is 2.72. The van der Waals surface area contributed by atoms with Gasteiger partial charge in [-0.15, -0.1) is 0 Å². The smallest absolute Gasteiger partial charge is 0.142 e. The Morgan fingerprint density at radius 3 is 2.67 bits per heavy atom. The van der Waals surface area contributed by atoms with E-state index >= 15 is 0 Å². The standard InChI is InChI=1S/C15H21ClFN/c1-11-2-4-12(5-3-11)9-18-10-13-6-7-14(16)15(17)8-13/h6-8,11-12,18H,2-5,9-10H2,1H3. The zero-order chi connectivity index (χ0) is 13.0. The number of hydrogen-bond acceptors (Lipinski definition) is 1. The number of rotatable bonds is 4. The van der Waals surface area contributed by atoms with Crippen molar-refractivity contribution in [2.24, 2.45) is 11.8 Å². The first-order valence-corrected chi connectivity index (χ1v) is 7.17. The van der Waals surface area contributed by atoms with E-state index in [0.717, 1.165) is 30.5 Å². The van der Waals surface area contributed by atoms with Gasteiger partial charge in [0.05, 0.1) is 5.02 Å². The Labute approximate surface area is 114 Å². The van der Waals surface area contributed by atoms with E-state index in [0.29, 0.717) is 0 Å². The van der Waals surface area contributed by atoms with Crippen molar-refractivity contribution in [3.05, 3.63) is 34.6 Å². The lowest BCUT2D eigenvalue weighted by Crippen LogP contribution is -2.25. The molecule has 0 saturated heterocycles. The van der Waals surface area contributed by atoms with Gasteiger partial charge in [0.2, 0.25) is 0 Å². The van der Waals surface area contributed by atoms with Gasteiger partial charge in [0, 0.05) is 6.54 Å². The van der Waals surface area contributed by atoms with Crippen molar-refractivity contribution in [1.29, 1.82) is 0 Å². The highest BCUT2D eigenvalue weighted by molar-refractivity contribution is 6.30. The molecule has 0 aliphatic heterocycles. The van der Waals surface area contributed by atoms with Crippen molar-refractivity contribution >= 4 is 11.6 Å². The molecule has 0 atom stereocenters. The molecule has 0 amide bonds. The van der Waals surface area contributed by atoms with Gasteiger partial charge in [-0.1, -0.05) is 37.4 Å². The average Bonchev–Trinajstić information content (AvgIpc) is 2.36. The first kappa shape index (κ1) is 13.8. The van der Waals surface area contributed by atoms with Crippen LogP contribution < -0.4 is 5.32 Å². The van der Waals surface area contributed by atoms with Crippen LogP contribution in [0.4, 0.5) is 4.39 Å². The largest absolute Gasteiger partial charge is 0.312 e. The van der Waals surface area contributed by atoms with E-state index in [-0.39, 0.29) is 10.8 Å². The molecule has 0 radical (unpaired) electrons.